The van der Waals surface area contributed by atoms with Crippen LogP contribution in [-0.4, -0.2) is 21.2 Å². The molecule has 0 amide bonds. The van der Waals surface area contributed by atoms with Crippen LogP contribution in [0.15, 0.2) is 21.8 Å². The van der Waals surface area contributed by atoms with Crippen LogP contribution in [0.1, 0.15) is 11.3 Å². The summed E-state index contributed by atoms with van der Waals surface area (Å²) >= 11 is 1.55. The molecule has 0 unspecified atom stereocenters. The maximum Gasteiger partial charge on any atom is 0.229 e. The fourth-order valence-corrected chi connectivity index (χ4v) is 2.51. The van der Waals surface area contributed by atoms with Gasteiger partial charge in [0.15, 0.2) is 5.58 Å². The Hall–Kier alpha value is -1.62. The summed E-state index contributed by atoms with van der Waals surface area (Å²) in [5.74, 6) is 0. The van der Waals surface area contributed by atoms with E-state index in [9.17, 15) is 0 Å². The summed E-state index contributed by atoms with van der Waals surface area (Å²) in [5, 5.41) is 1.84. The first-order valence-corrected chi connectivity index (χ1v) is 6.48. The molecule has 0 saturated carbocycles. The normalized spacial score (nSPS) is 11.5. The average molecular weight is 245 g/mol. The lowest BCUT2D eigenvalue weighted by atomic mass is 10.1. The summed E-state index contributed by atoms with van der Waals surface area (Å²) in [7, 11) is 0. The molecular formula is C12H11N3OS. The molecule has 3 aromatic rings. The molecule has 0 radical (unpaired) electrons. The molecule has 3 heterocycles. The molecule has 0 fully saturated rings. The molecule has 0 atom stereocenters. The van der Waals surface area contributed by atoms with Crippen molar-refractivity contribution in [3.63, 3.8) is 0 Å². The minimum absolute atomic E-state index is 0.647. The Morgan fingerprint density at radius 2 is 2.06 bits per heavy atom. The third kappa shape index (κ3) is 1.50. The zero-order chi connectivity index (χ0) is 12.0. The van der Waals surface area contributed by atoms with Gasteiger partial charge in [0, 0.05) is 5.69 Å². The van der Waals surface area contributed by atoms with Gasteiger partial charge in [-0.1, -0.05) is 0 Å². The minimum atomic E-state index is 0.647. The van der Waals surface area contributed by atoms with Crippen molar-refractivity contribution in [2.45, 2.75) is 18.9 Å². The maximum atomic E-state index is 5.78. The largest absolute Gasteiger partial charge is 0.433 e. The van der Waals surface area contributed by atoms with Gasteiger partial charge in [0.05, 0.1) is 5.39 Å². The third-order valence-electron chi connectivity index (χ3n) is 2.71. The highest BCUT2D eigenvalue weighted by molar-refractivity contribution is 7.98. The molecule has 3 aromatic heterocycles. The predicted octanol–water partition coefficient (Wildman–Crippen LogP) is 3.11. The Bertz CT molecular complexity index is 720. The van der Waals surface area contributed by atoms with Crippen molar-refractivity contribution in [1.82, 2.24) is 15.0 Å². The van der Waals surface area contributed by atoms with E-state index in [0.29, 0.717) is 5.71 Å². The van der Waals surface area contributed by atoms with E-state index in [1.165, 1.54) is 0 Å². The molecule has 0 saturated heterocycles. The second kappa shape index (κ2) is 3.70. The summed E-state index contributed by atoms with van der Waals surface area (Å²) in [4.78, 5) is 12.9. The van der Waals surface area contributed by atoms with E-state index in [0.717, 1.165) is 32.8 Å². The van der Waals surface area contributed by atoms with Crippen molar-refractivity contribution in [3.8, 4) is 0 Å². The number of rotatable bonds is 1. The van der Waals surface area contributed by atoms with Gasteiger partial charge in [-0.3, -0.25) is 0 Å². The monoisotopic (exact) mass is 245 g/mol. The molecule has 0 aliphatic carbocycles. The Morgan fingerprint density at radius 3 is 2.82 bits per heavy atom. The Balaban J connectivity index is 2.54. The molecule has 0 aliphatic heterocycles. The number of hydrogen-bond donors (Lipinski definition) is 0. The molecule has 5 heteroatoms. The number of hydrogen-bond acceptors (Lipinski definition) is 5. The van der Waals surface area contributed by atoms with Crippen LogP contribution < -0.4 is 0 Å². The zero-order valence-corrected chi connectivity index (χ0v) is 10.6. The van der Waals surface area contributed by atoms with Crippen molar-refractivity contribution >= 4 is 34.0 Å². The third-order valence-corrected chi connectivity index (χ3v) is 3.39. The molecule has 17 heavy (non-hydrogen) atoms. The fraction of sp³-hybridized carbons (Fsp3) is 0.250. The summed E-state index contributed by atoms with van der Waals surface area (Å²) in [6.07, 6.45) is 3.54. The van der Waals surface area contributed by atoms with Crippen molar-refractivity contribution in [3.05, 3.63) is 23.7 Å². The van der Waals surface area contributed by atoms with Crippen molar-refractivity contribution in [2.75, 3.05) is 6.26 Å². The summed E-state index contributed by atoms with van der Waals surface area (Å²) in [6, 6.07) is 2.04. The molecule has 0 bridgehead atoms. The maximum absolute atomic E-state index is 5.78. The topological polar surface area (TPSA) is 51.8 Å². The average Bonchev–Trinajstić information content (AvgIpc) is 2.66. The fourth-order valence-electron chi connectivity index (χ4n) is 2.03. The number of aryl methyl sites for hydroxylation is 2. The number of fused-ring (bicyclic) bond motifs is 3. The van der Waals surface area contributed by atoms with Gasteiger partial charge >= 0.3 is 0 Å². The van der Waals surface area contributed by atoms with Gasteiger partial charge in [0.2, 0.25) is 5.71 Å². The lowest BCUT2D eigenvalue weighted by Crippen LogP contribution is -1.85. The standard InChI is InChI=1S/C12H11N3OS/c1-6-4-7(2)15-11-8(6)9-10(16-11)12(17-3)14-5-13-9/h4-5H,1-3H3. The van der Waals surface area contributed by atoms with E-state index >= 15 is 0 Å². The van der Waals surface area contributed by atoms with Gasteiger partial charge in [-0.05, 0) is 31.7 Å². The number of nitrogens with zero attached hydrogens (tertiary/aromatic N) is 3. The van der Waals surface area contributed by atoms with E-state index < -0.39 is 0 Å². The van der Waals surface area contributed by atoms with Gasteiger partial charge in [-0.2, -0.15) is 0 Å². The SMILES string of the molecule is CSc1ncnc2c1oc1nc(C)cc(C)c12. The van der Waals surface area contributed by atoms with Crippen LogP contribution in [-0.2, 0) is 0 Å². The predicted molar refractivity (Wildman–Crippen MR) is 68.4 cm³/mol. The molecule has 0 aromatic carbocycles. The summed E-state index contributed by atoms with van der Waals surface area (Å²) in [6.45, 7) is 4.01. The highest BCUT2D eigenvalue weighted by Gasteiger charge is 2.15. The summed E-state index contributed by atoms with van der Waals surface area (Å²) < 4.78 is 5.78. The Labute approximate surface area is 102 Å². The van der Waals surface area contributed by atoms with Crippen molar-refractivity contribution in [2.24, 2.45) is 0 Å². The van der Waals surface area contributed by atoms with E-state index in [1.54, 1.807) is 18.1 Å². The molecule has 3 rings (SSSR count). The van der Waals surface area contributed by atoms with Crippen LogP contribution >= 0.6 is 11.8 Å². The Kier molecular flexibility index (Phi) is 2.29. The lowest BCUT2D eigenvalue weighted by molar-refractivity contribution is 0.638. The quantitative estimate of drug-likeness (QED) is 0.487. The lowest BCUT2D eigenvalue weighted by Gasteiger charge is -1.96. The van der Waals surface area contributed by atoms with Gasteiger partial charge in [-0.25, -0.2) is 15.0 Å². The van der Waals surface area contributed by atoms with Crippen LogP contribution in [0.4, 0.5) is 0 Å². The minimum Gasteiger partial charge on any atom is -0.433 e. The molecule has 0 spiro atoms. The molecular weight excluding hydrogens is 234 g/mol. The first kappa shape index (κ1) is 10.5. The number of furan rings is 1. The van der Waals surface area contributed by atoms with Crippen LogP contribution in [0.3, 0.4) is 0 Å². The number of thioether (sulfide) groups is 1. The molecule has 4 nitrogen and oxygen atoms in total. The van der Waals surface area contributed by atoms with Gasteiger partial charge in [-0.15, -0.1) is 11.8 Å². The van der Waals surface area contributed by atoms with Gasteiger partial charge in [0.1, 0.15) is 16.9 Å². The second-order valence-electron chi connectivity index (χ2n) is 3.92. The highest BCUT2D eigenvalue weighted by atomic mass is 32.2. The van der Waals surface area contributed by atoms with Crippen LogP contribution in [0.25, 0.3) is 22.2 Å². The first-order chi connectivity index (χ1) is 8.20. The molecule has 0 N–H and O–H groups in total. The van der Waals surface area contributed by atoms with Crippen LogP contribution in [0.2, 0.25) is 0 Å². The van der Waals surface area contributed by atoms with E-state index in [1.807, 2.05) is 26.2 Å². The molecule has 86 valence electrons. The smallest absolute Gasteiger partial charge is 0.229 e. The van der Waals surface area contributed by atoms with Gasteiger partial charge in [0.25, 0.3) is 0 Å². The zero-order valence-electron chi connectivity index (χ0n) is 9.81. The van der Waals surface area contributed by atoms with E-state index in [4.69, 9.17) is 4.42 Å². The second-order valence-corrected chi connectivity index (χ2v) is 4.72. The van der Waals surface area contributed by atoms with E-state index in [2.05, 4.69) is 15.0 Å². The van der Waals surface area contributed by atoms with Gasteiger partial charge < -0.3 is 4.42 Å². The highest BCUT2D eigenvalue weighted by Crippen LogP contribution is 2.32. The van der Waals surface area contributed by atoms with E-state index in [-0.39, 0.29) is 0 Å². The molecule has 0 aliphatic rings. The first-order valence-electron chi connectivity index (χ1n) is 5.26. The number of pyridine rings is 1. The van der Waals surface area contributed by atoms with Crippen LogP contribution in [0.5, 0.6) is 0 Å². The summed E-state index contributed by atoms with van der Waals surface area (Å²) in [5.41, 5.74) is 4.32. The van der Waals surface area contributed by atoms with Crippen molar-refractivity contribution < 1.29 is 4.42 Å². The van der Waals surface area contributed by atoms with Crippen LogP contribution in [0, 0.1) is 13.8 Å². The Morgan fingerprint density at radius 1 is 1.24 bits per heavy atom. The van der Waals surface area contributed by atoms with Crippen molar-refractivity contribution in [1.29, 1.82) is 0 Å². The number of aromatic nitrogens is 3.